The Morgan fingerprint density at radius 1 is 1.07 bits per heavy atom. The summed E-state index contributed by atoms with van der Waals surface area (Å²) in [5, 5.41) is 1.71. The summed E-state index contributed by atoms with van der Waals surface area (Å²) in [5.74, 6) is -0.0581. The molecule has 0 fully saturated rings. The largest absolute Gasteiger partial charge is 0.496 e. The topological polar surface area (TPSA) is 67.9 Å². The first-order chi connectivity index (χ1) is 13.6. The summed E-state index contributed by atoms with van der Waals surface area (Å²) < 4.78 is 10.6. The number of methoxy groups -OCH3 is 2. The molecule has 154 valence electrons. The molecule has 0 radical (unpaired) electrons. The van der Waals surface area contributed by atoms with Crippen LogP contribution < -0.4 is 14.9 Å². The fraction of sp³-hybridized carbons (Fsp3) is 0.273. The molecule has 29 heavy (non-hydrogen) atoms. The number of hydrogen-bond donors (Lipinski definition) is 1. The van der Waals surface area contributed by atoms with Gasteiger partial charge in [-0.1, -0.05) is 30.3 Å². The van der Waals surface area contributed by atoms with Crippen molar-refractivity contribution in [3.05, 3.63) is 64.7 Å². The van der Waals surface area contributed by atoms with Crippen molar-refractivity contribution in [3.63, 3.8) is 0 Å². The van der Waals surface area contributed by atoms with Crippen LogP contribution in [0.1, 0.15) is 47.1 Å². The zero-order valence-corrected chi connectivity index (χ0v) is 18.0. The lowest BCUT2D eigenvalue weighted by atomic mass is 10.0. The van der Waals surface area contributed by atoms with Crippen LogP contribution in [-0.2, 0) is 0 Å². The van der Waals surface area contributed by atoms with Crippen LogP contribution in [0.3, 0.4) is 0 Å². The molecule has 0 bridgehead atoms. The van der Waals surface area contributed by atoms with Crippen LogP contribution in [0.15, 0.2) is 43.0 Å². The van der Waals surface area contributed by atoms with E-state index in [1.807, 2.05) is 20.8 Å². The fourth-order valence-corrected chi connectivity index (χ4v) is 2.94. The van der Waals surface area contributed by atoms with E-state index in [0.29, 0.717) is 27.6 Å². The van der Waals surface area contributed by atoms with Gasteiger partial charge in [-0.3, -0.25) is 15.0 Å². The van der Waals surface area contributed by atoms with E-state index in [2.05, 4.69) is 12.0 Å². The number of benzene rings is 2. The molecule has 0 spiro atoms. The number of ether oxygens (including phenoxy) is 2. The van der Waals surface area contributed by atoms with E-state index >= 15 is 0 Å². The predicted molar refractivity (Wildman–Crippen MR) is 114 cm³/mol. The number of nitrogens with one attached hydrogen (secondary N) is 1. The Hall–Kier alpha value is -2.99. The molecule has 0 aliphatic rings. The second-order valence-electron chi connectivity index (χ2n) is 7.22. The summed E-state index contributed by atoms with van der Waals surface area (Å²) in [6.07, 6.45) is 1.54. The Bertz CT molecular complexity index is 935. The lowest BCUT2D eigenvalue weighted by Crippen LogP contribution is -2.56. The second-order valence-corrected chi connectivity index (χ2v) is 7.66. The molecule has 0 saturated heterocycles. The average molecular weight is 417 g/mol. The predicted octanol–water partition coefficient (Wildman–Crippen LogP) is 4.59. The van der Waals surface area contributed by atoms with Crippen molar-refractivity contribution in [1.29, 1.82) is 0 Å². The Kier molecular flexibility index (Phi) is 6.93. The summed E-state index contributed by atoms with van der Waals surface area (Å²) in [5.41, 5.74) is 3.16. The van der Waals surface area contributed by atoms with Gasteiger partial charge >= 0.3 is 0 Å². The molecule has 1 N–H and O–H groups in total. The van der Waals surface area contributed by atoms with Gasteiger partial charge in [0.1, 0.15) is 11.5 Å². The number of carbonyl (C=O) groups is 2. The lowest BCUT2D eigenvalue weighted by molar-refractivity contribution is 0.0356. The zero-order chi connectivity index (χ0) is 21.8. The van der Waals surface area contributed by atoms with Crippen molar-refractivity contribution in [2.24, 2.45) is 0 Å². The summed E-state index contributed by atoms with van der Waals surface area (Å²) in [4.78, 5) is 26.3. The fourth-order valence-electron chi connectivity index (χ4n) is 2.78. The minimum absolute atomic E-state index is 0.279. The van der Waals surface area contributed by atoms with Crippen molar-refractivity contribution in [2.75, 3.05) is 14.2 Å². The molecule has 6 nitrogen and oxygen atoms in total. The summed E-state index contributed by atoms with van der Waals surface area (Å²) >= 11 is 6.00. The van der Waals surface area contributed by atoms with Gasteiger partial charge < -0.3 is 9.47 Å². The van der Waals surface area contributed by atoms with Gasteiger partial charge in [0.15, 0.2) is 0 Å². The van der Waals surface area contributed by atoms with Gasteiger partial charge in [0.2, 0.25) is 0 Å². The highest BCUT2D eigenvalue weighted by molar-refractivity contribution is 6.30. The quantitative estimate of drug-likeness (QED) is 0.724. The third-order valence-electron chi connectivity index (χ3n) is 4.22. The van der Waals surface area contributed by atoms with Crippen LogP contribution >= 0.6 is 11.6 Å². The van der Waals surface area contributed by atoms with Gasteiger partial charge in [-0.2, -0.15) is 0 Å². The zero-order valence-electron chi connectivity index (χ0n) is 17.2. The number of carbonyl (C=O) groups excluding carboxylic acids is 2. The van der Waals surface area contributed by atoms with Crippen molar-refractivity contribution >= 4 is 29.5 Å². The molecule has 0 atom stereocenters. The Morgan fingerprint density at radius 2 is 1.72 bits per heavy atom. The minimum atomic E-state index is -0.718. The van der Waals surface area contributed by atoms with E-state index in [4.69, 9.17) is 21.1 Å². The normalized spacial score (nSPS) is 10.8. The lowest BCUT2D eigenvalue weighted by Gasteiger charge is -2.36. The van der Waals surface area contributed by atoms with E-state index in [-0.39, 0.29) is 5.56 Å². The van der Waals surface area contributed by atoms with E-state index in [9.17, 15) is 9.59 Å². The first kappa shape index (κ1) is 22.3. The van der Waals surface area contributed by atoms with E-state index in [1.54, 1.807) is 42.5 Å². The maximum Gasteiger partial charge on any atom is 0.276 e. The highest BCUT2D eigenvalue weighted by Gasteiger charge is 2.31. The molecule has 0 aromatic heterocycles. The monoisotopic (exact) mass is 416 g/mol. The Balaban J connectivity index is 2.44. The third-order valence-corrected chi connectivity index (χ3v) is 4.45. The van der Waals surface area contributed by atoms with Gasteiger partial charge in [0.25, 0.3) is 11.8 Å². The van der Waals surface area contributed by atoms with Crippen molar-refractivity contribution < 1.29 is 19.1 Å². The average Bonchev–Trinajstić information content (AvgIpc) is 2.69. The number of nitrogens with zero attached hydrogens (tertiary/aromatic N) is 1. The standard InChI is InChI=1S/C22H25ClN2O4/c1-7-15-16(9-8-10-18(15)28-5)20(26)24-25(22(2,3)4)21(27)17-12-11-14(23)13-19(17)29-6/h7-13H,1H2,2-6H3,(H,24,26). The van der Waals surface area contributed by atoms with Crippen LogP contribution in [0.2, 0.25) is 5.02 Å². The van der Waals surface area contributed by atoms with Crippen LogP contribution in [-0.4, -0.2) is 36.6 Å². The van der Waals surface area contributed by atoms with E-state index in [1.165, 1.54) is 19.2 Å². The Morgan fingerprint density at radius 3 is 2.28 bits per heavy atom. The maximum absolute atomic E-state index is 13.3. The minimum Gasteiger partial charge on any atom is -0.496 e. The smallest absolute Gasteiger partial charge is 0.276 e. The van der Waals surface area contributed by atoms with E-state index in [0.717, 1.165) is 0 Å². The molecule has 0 heterocycles. The molecular weight excluding hydrogens is 392 g/mol. The number of halogens is 1. The third kappa shape index (κ3) is 4.90. The van der Waals surface area contributed by atoms with E-state index < -0.39 is 17.4 Å². The Labute approximate surface area is 176 Å². The summed E-state index contributed by atoms with van der Waals surface area (Å²) in [6.45, 7) is 9.19. The van der Waals surface area contributed by atoms with Gasteiger partial charge in [-0.05, 0) is 51.1 Å². The number of rotatable bonds is 5. The van der Waals surface area contributed by atoms with Crippen LogP contribution in [0, 0.1) is 0 Å². The van der Waals surface area contributed by atoms with Crippen LogP contribution in [0.25, 0.3) is 6.08 Å². The number of hydrogen-bond acceptors (Lipinski definition) is 4. The van der Waals surface area contributed by atoms with Crippen LogP contribution in [0.4, 0.5) is 0 Å². The number of amides is 2. The molecule has 2 aromatic rings. The summed E-state index contributed by atoms with van der Waals surface area (Å²) in [7, 11) is 2.97. The van der Waals surface area contributed by atoms with Gasteiger partial charge in [-0.15, -0.1) is 0 Å². The molecule has 0 aliphatic carbocycles. The molecular formula is C22H25ClN2O4. The van der Waals surface area contributed by atoms with Crippen molar-refractivity contribution in [2.45, 2.75) is 26.3 Å². The molecule has 0 unspecified atom stereocenters. The summed E-state index contributed by atoms with van der Waals surface area (Å²) in [6, 6.07) is 9.79. The molecule has 2 amide bonds. The van der Waals surface area contributed by atoms with Gasteiger partial charge in [-0.25, -0.2) is 5.01 Å². The molecule has 2 rings (SSSR count). The molecule has 0 aliphatic heterocycles. The van der Waals surface area contributed by atoms with Crippen molar-refractivity contribution in [1.82, 2.24) is 10.4 Å². The molecule has 0 saturated carbocycles. The van der Waals surface area contributed by atoms with Crippen molar-refractivity contribution in [3.8, 4) is 11.5 Å². The first-order valence-electron chi connectivity index (χ1n) is 8.92. The highest BCUT2D eigenvalue weighted by atomic mass is 35.5. The molecule has 2 aromatic carbocycles. The second kappa shape index (κ2) is 9.01. The maximum atomic E-state index is 13.3. The van der Waals surface area contributed by atoms with Crippen LogP contribution in [0.5, 0.6) is 11.5 Å². The SMILES string of the molecule is C=Cc1c(OC)cccc1C(=O)NN(C(=O)c1ccc(Cl)cc1OC)C(C)(C)C. The molecule has 7 heteroatoms. The van der Waals surface area contributed by atoms with Gasteiger partial charge in [0, 0.05) is 10.6 Å². The highest BCUT2D eigenvalue weighted by Crippen LogP contribution is 2.27. The number of hydrazine groups is 1. The van der Waals surface area contributed by atoms with Gasteiger partial charge in [0.05, 0.1) is 30.9 Å². The first-order valence-corrected chi connectivity index (χ1v) is 9.30.